The third kappa shape index (κ3) is 4.33. The number of thioether (sulfide) groups is 1. The van der Waals surface area contributed by atoms with Gasteiger partial charge in [0.1, 0.15) is 22.0 Å². The molecule has 0 aliphatic heterocycles. The van der Waals surface area contributed by atoms with Crippen LogP contribution in [0.25, 0.3) is 21.3 Å². The lowest BCUT2D eigenvalue weighted by Crippen LogP contribution is -2.26. The standard InChI is InChI=1S/C17H16FN3O2S2/c18-12-3-1-11(2-4-12)13-9-25-17-15(13)16(20-10-21-17)24-8-5-14(23)19-6-7-22/h1-4,9-10,22H,5-8H2,(H,19,23). The second-order valence-electron chi connectivity index (χ2n) is 5.19. The molecule has 0 spiro atoms. The monoisotopic (exact) mass is 377 g/mol. The van der Waals surface area contributed by atoms with Gasteiger partial charge < -0.3 is 10.4 Å². The Hall–Kier alpha value is -2.03. The lowest BCUT2D eigenvalue weighted by Gasteiger charge is -2.06. The zero-order chi connectivity index (χ0) is 17.6. The van der Waals surface area contributed by atoms with Gasteiger partial charge in [-0.1, -0.05) is 12.1 Å². The van der Waals surface area contributed by atoms with Gasteiger partial charge in [-0.25, -0.2) is 14.4 Å². The van der Waals surface area contributed by atoms with Crippen LogP contribution < -0.4 is 5.32 Å². The summed E-state index contributed by atoms with van der Waals surface area (Å²) in [5, 5.41) is 15.1. The molecule has 1 amide bonds. The number of amides is 1. The van der Waals surface area contributed by atoms with Gasteiger partial charge in [-0.15, -0.1) is 23.1 Å². The van der Waals surface area contributed by atoms with E-state index in [1.807, 2.05) is 5.38 Å². The maximum Gasteiger partial charge on any atom is 0.220 e. The molecule has 0 bridgehead atoms. The number of rotatable bonds is 7. The van der Waals surface area contributed by atoms with Crippen LogP contribution in [0.3, 0.4) is 0 Å². The van der Waals surface area contributed by atoms with E-state index in [0.717, 1.165) is 26.4 Å². The molecule has 25 heavy (non-hydrogen) atoms. The Morgan fingerprint density at radius 2 is 2.08 bits per heavy atom. The molecule has 0 fully saturated rings. The van der Waals surface area contributed by atoms with Gasteiger partial charge in [-0.3, -0.25) is 4.79 Å². The summed E-state index contributed by atoms with van der Waals surface area (Å²) in [6.45, 7) is 0.196. The molecule has 0 atom stereocenters. The smallest absolute Gasteiger partial charge is 0.220 e. The Balaban J connectivity index is 1.80. The maximum atomic E-state index is 13.2. The van der Waals surface area contributed by atoms with E-state index in [4.69, 9.17) is 5.11 Å². The highest BCUT2D eigenvalue weighted by Gasteiger charge is 2.14. The average Bonchev–Trinajstić information content (AvgIpc) is 3.05. The summed E-state index contributed by atoms with van der Waals surface area (Å²) in [7, 11) is 0. The molecule has 130 valence electrons. The topological polar surface area (TPSA) is 75.1 Å². The fourth-order valence-corrected chi connectivity index (χ4v) is 4.26. The van der Waals surface area contributed by atoms with Crippen molar-refractivity contribution < 1.29 is 14.3 Å². The molecule has 2 N–H and O–H groups in total. The summed E-state index contributed by atoms with van der Waals surface area (Å²) >= 11 is 3.00. The van der Waals surface area contributed by atoms with Crippen molar-refractivity contribution in [2.45, 2.75) is 11.4 Å². The SMILES string of the molecule is O=C(CCSc1ncnc2scc(-c3ccc(F)cc3)c12)NCCO. The van der Waals surface area contributed by atoms with Gasteiger partial charge in [0.05, 0.1) is 12.0 Å². The summed E-state index contributed by atoms with van der Waals surface area (Å²) in [5.74, 6) is 0.196. The first-order chi connectivity index (χ1) is 12.2. The highest BCUT2D eigenvalue weighted by Crippen LogP contribution is 2.37. The predicted molar refractivity (Wildman–Crippen MR) is 98.2 cm³/mol. The van der Waals surface area contributed by atoms with Crippen molar-refractivity contribution in [3.63, 3.8) is 0 Å². The minimum Gasteiger partial charge on any atom is -0.395 e. The third-order valence-electron chi connectivity index (χ3n) is 3.49. The van der Waals surface area contributed by atoms with Crippen LogP contribution in [0, 0.1) is 5.82 Å². The van der Waals surface area contributed by atoms with Crippen LogP contribution in [0.2, 0.25) is 0 Å². The molecule has 0 radical (unpaired) electrons. The Labute approximate surface area is 152 Å². The van der Waals surface area contributed by atoms with E-state index in [0.29, 0.717) is 12.2 Å². The molecule has 0 unspecified atom stereocenters. The van der Waals surface area contributed by atoms with Gasteiger partial charge in [-0.2, -0.15) is 0 Å². The number of aliphatic hydroxyl groups excluding tert-OH is 1. The number of halogens is 1. The molecule has 0 saturated heterocycles. The molecule has 3 rings (SSSR count). The van der Waals surface area contributed by atoms with E-state index < -0.39 is 0 Å². The number of fused-ring (bicyclic) bond motifs is 1. The van der Waals surface area contributed by atoms with Crippen molar-refractivity contribution in [2.75, 3.05) is 18.9 Å². The van der Waals surface area contributed by atoms with E-state index in [1.165, 1.54) is 41.6 Å². The lowest BCUT2D eigenvalue weighted by atomic mass is 10.1. The molecule has 0 saturated carbocycles. The normalized spacial score (nSPS) is 11.0. The minimum absolute atomic E-state index is 0.0681. The number of aliphatic hydroxyl groups is 1. The Morgan fingerprint density at radius 3 is 2.84 bits per heavy atom. The molecule has 8 heteroatoms. The van der Waals surface area contributed by atoms with E-state index in [2.05, 4.69) is 15.3 Å². The van der Waals surface area contributed by atoms with Crippen molar-refractivity contribution in [1.29, 1.82) is 0 Å². The number of hydrogen-bond donors (Lipinski definition) is 2. The first-order valence-corrected chi connectivity index (χ1v) is 9.54. The highest BCUT2D eigenvalue weighted by atomic mass is 32.2. The van der Waals surface area contributed by atoms with Gasteiger partial charge >= 0.3 is 0 Å². The van der Waals surface area contributed by atoms with Crippen LogP contribution in [0.15, 0.2) is 41.0 Å². The Bertz CT molecular complexity index is 868. The molecule has 0 aliphatic rings. The van der Waals surface area contributed by atoms with Crippen LogP contribution >= 0.6 is 23.1 Å². The van der Waals surface area contributed by atoms with E-state index in [9.17, 15) is 9.18 Å². The second-order valence-corrected chi connectivity index (χ2v) is 7.13. The Morgan fingerprint density at radius 1 is 1.28 bits per heavy atom. The summed E-state index contributed by atoms with van der Waals surface area (Å²) in [6, 6.07) is 6.34. The molecule has 1 aromatic carbocycles. The molecular formula is C17H16FN3O2S2. The molecular weight excluding hydrogens is 361 g/mol. The van der Waals surface area contributed by atoms with Crippen molar-refractivity contribution in [2.24, 2.45) is 0 Å². The number of aromatic nitrogens is 2. The van der Waals surface area contributed by atoms with Crippen molar-refractivity contribution in [1.82, 2.24) is 15.3 Å². The predicted octanol–water partition coefficient (Wildman–Crippen LogP) is 3.09. The first-order valence-electron chi connectivity index (χ1n) is 7.67. The van der Waals surface area contributed by atoms with E-state index in [1.54, 1.807) is 12.1 Å². The van der Waals surface area contributed by atoms with Crippen molar-refractivity contribution >= 4 is 39.2 Å². The van der Waals surface area contributed by atoms with Crippen molar-refractivity contribution in [3.8, 4) is 11.1 Å². The number of nitrogens with zero attached hydrogens (tertiary/aromatic N) is 2. The summed E-state index contributed by atoms with van der Waals surface area (Å²) in [5.41, 5.74) is 1.87. The van der Waals surface area contributed by atoms with Gasteiger partial charge in [0, 0.05) is 29.7 Å². The number of carbonyl (C=O) groups excluding carboxylic acids is 1. The summed E-state index contributed by atoms with van der Waals surface area (Å²) < 4.78 is 13.2. The van der Waals surface area contributed by atoms with Crippen LogP contribution in [-0.2, 0) is 4.79 Å². The summed E-state index contributed by atoms with van der Waals surface area (Å²) in [6.07, 6.45) is 1.85. The number of nitrogens with one attached hydrogen (secondary N) is 1. The molecule has 5 nitrogen and oxygen atoms in total. The number of hydrogen-bond acceptors (Lipinski definition) is 6. The van der Waals surface area contributed by atoms with Crippen LogP contribution in [-0.4, -0.2) is 39.9 Å². The van der Waals surface area contributed by atoms with Crippen LogP contribution in [0.4, 0.5) is 4.39 Å². The quantitative estimate of drug-likeness (QED) is 0.489. The Kier molecular flexibility index (Phi) is 5.95. The number of benzene rings is 1. The third-order valence-corrected chi connectivity index (χ3v) is 5.37. The minimum atomic E-state index is -0.275. The maximum absolute atomic E-state index is 13.2. The lowest BCUT2D eigenvalue weighted by molar-refractivity contribution is -0.120. The van der Waals surface area contributed by atoms with Gasteiger partial charge in [0.2, 0.25) is 5.91 Å². The van der Waals surface area contributed by atoms with Crippen LogP contribution in [0.1, 0.15) is 6.42 Å². The number of carbonyl (C=O) groups is 1. The fourth-order valence-electron chi connectivity index (χ4n) is 2.32. The highest BCUT2D eigenvalue weighted by molar-refractivity contribution is 7.99. The zero-order valence-corrected chi connectivity index (χ0v) is 14.9. The van der Waals surface area contributed by atoms with Crippen molar-refractivity contribution in [3.05, 3.63) is 41.8 Å². The van der Waals surface area contributed by atoms with Gasteiger partial charge in [0.15, 0.2) is 0 Å². The average molecular weight is 377 g/mol. The fraction of sp³-hybridized carbons (Fsp3) is 0.235. The zero-order valence-electron chi connectivity index (χ0n) is 13.2. The second kappa shape index (κ2) is 8.37. The molecule has 2 heterocycles. The largest absolute Gasteiger partial charge is 0.395 e. The molecule has 3 aromatic rings. The summed E-state index contributed by atoms with van der Waals surface area (Å²) in [4.78, 5) is 21.1. The molecule has 0 aliphatic carbocycles. The van der Waals surface area contributed by atoms with E-state index >= 15 is 0 Å². The van der Waals surface area contributed by atoms with Crippen LogP contribution in [0.5, 0.6) is 0 Å². The van der Waals surface area contributed by atoms with E-state index in [-0.39, 0.29) is 24.9 Å². The molecule has 2 aromatic heterocycles. The first kappa shape index (κ1) is 17.8. The van der Waals surface area contributed by atoms with Gasteiger partial charge in [0.25, 0.3) is 0 Å². The van der Waals surface area contributed by atoms with Gasteiger partial charge in [-0.05, 0) is 17.7 Å². The number of thiophene rings is 1.